The van der Waals surface area contributed by atoms with Gasteiger partial charge in [-0.05, 0) is 23.6 Å². The quantitative estimate of drug-likeness (QED) is 0.926. The van der Waals surface area contributed by atoms with Gasteiger partial charge in [0.25, 0.3) is 0 Å². The molecule has 2 heterocycles. The Hall–Kier alpha value is -2.14. The number of hydrogen-bond donors (Lipinski definition) is 1. The van der Waals surface area contributed by atoms with E-state index in [0.717, 1.165) is 16.8 Å². The zero-order valence-corrected chi connectivity index (χ0v) is 12.4. The van der Waals surface area contributed by atoms with Crippen LogP contribution in [-0.2, 0) is 6.54 Å². The van der Waals surface area contributed by atoms with E-state index in [-0.39, 0.29) is 12.2 Å². The van der Waals surface area contributed by atoms with Crippen molar-refractivity contribution in [3.8, 4) is 5.69 Å². The number of aromatic nitrogens is 2. The minimum absolute atomic E-state index is 0.0176. The lowest BCUT2D eigenvalue weighted by atomic mass is 10.00. The van der Waals surface area contributed by atoms with Crippen molar-refractivity contribution in [3.05, 3.63) is 47.0 Å². The minimum atomic E-state index is -1.06. The lowest BCUT2D eigenvalue weighted by Crippen LogP contribution is -2.05. The van der Waals surface area contributed by atoms with Crippen molar-refractivity contribution in [2.75, 3.05) is 0 Å². The summed E-state index contributed by atoms with van der Waals surface area (Å²) in [6, 6.07) is 5.95. The lowest BCUT2D eigenvalue weighted by molar-refractivity contribution is 0.0689. The van der Waals surface area contributed by atoms with Gasteiger partial charge in [0, 0.05) is 5.56 Å². The van der Waals surface area contributed by atoms with Crippen LogP contribution in [0.25, 0.3) is 5.69 Å². The fourth-order valence-electron chi connectivity index (χ4n) is 2.43. The highest BCUT2D eigenvalue weighted by Gasteiger charge is 2.23. The molecule has 0 aliphatic carbocycles. The Morgan fingerprint density at radius 3 is 2.86 bits per heavy atom. The smallest absolute Gasteiger partial charge is 0.356 e. The van der Waals surface area contributed by atoms with Crippen molar-refractivity contribution in [3.63, 3.8) is 0 Å². The molecule has 0 amide bonds. The molecular formula is C15H14ClN3O2. The van der Waals surface area contributed by atoms with Crippen LogP contribution in [0, 0.1) is 0 Å². The van der Waals surface area contributed by atoms with Gasteiger partial charge < -0.3 is 5.11 Å². The fraction of sp³-hybridized carbons (Fsp3) is 0.267. The van der Waals surface area contributed by atoms with Crippen LogP contribution in [0.5, 0.6) is 0 Å². The number of carbonyl (C=O) groups is 1. The highest BCUT2D eigenvalue weighted by Crippen LogP contribution is 2.28. The number of benzene rings is 1. The van der Waals surface area contributed by atoms with Crippen LogP contribution in [0.3, 0.4) is 0 Å². The summed E-state index contributed by atoms with van der Waals surface area (Å²) < 4.78 is 1.75. The number of fused-ring (bicyclic) bond motifs is 3. The van der Waals surface area contributed by atoms with E-state index in [0.29, 0.717) is 16.8 Å². The molecule has 3 rings (SSSR count). The van der Waals surface area contributed by atoms with Gasteiger partial charge in [-0.15, -0.1) is 0 Å². The van der Waals surface area contributed by atoms with Gasteiger partial charge >= 0.3 is 5.97 Å². The largest absolute Gasteiger partial charge is 0.476 e. The highest BCUT2D eigenvalue weighted by molar-refractivity contribution is 6.70. The van der Waals surface area contributed by atoms with Crippen LogP contribution in [0.15, 0.2) is 29.5 Å². The summed E-state index contributed by atoms with van der Waals surface area (Å²) in [6.07, 6.45) is 1.51. The molecule has 0 atom stereocenters. The van der Waals surface area contributed by atoms with E-state index in [2.05, 4.69) is 23.8 Å². The summed E-state index contributed by atoms with van der Waals surface area (Å²) in [5.41, 5.74) is 3.32. The molecule has 0 spiro atoms. The SMILES string of the molecule is CC(C)c1ccc2c(c1)C(Cl)=NCc1c(C(=O)O)ncn1-2. The molecule has 0 unspecified atom stereocenters. The lowest BCUT2D eigenvalue weighted by Gasteiger charge is -2.12. The molecule has 6 heteroatoms. The summed E-state index contributed by atoms with van der Waals surface area (Å²) in [5, 5.41) is 9.59. The second-order valence-corrected chi connectivity index (χ2v) is 5.61. The van der Waals surface area contributed by atoms with E-state index >= 15 is 0 Å². The Morgan fingerprint density at radius 2 is 2.19 bits per heavy atom. The molecule has 5 nitrogen and oxygen atoms in total. The molecule has 0 fully saturated rings. The van der Waals surface area contributed by atoms with Gasteiger partial charge in [-0.3, -0.25) is 9.56 Å². The summed E-state index contributed by atoms with van der Waals surface area (Å²) in [5.74, 6) is -0.683. The standard InChI is InChI=1S/C15H14ClN3O2/c1-8(2)9-3-4-11-10(5-9)14(16)17-6-12-13(15(20)21)18-7-19(11)12/h3-5,7-8H,6H2,1-2H3,(H,20,21). The number of carboxylic acids is 1. The van der Waals surface area contributed by atoms with E-state index < -0.39 is 5.97 Å². The first-order chi connectivity index (χ1) is 9.99. The normalized spacial score (nSPS) is 13.4. The number of nitrogens with zero attached hydrogens (tertiary/aromatic N) is 3. The molecule has 1 aliphatic rings. The van der Waals surface area contributed by atoms with Crippen LogP contribution >= 0.6 is 11.6 Å². The second kappa shape index (κ2) is 5.00. The third-order valence-electron chi connectivity index (χ3n) is 3.61. The zero-order chi connectivity index (χ0) is 15.1. The van der Waals surface area contributed by atoms with Gasteiger partial charge in [-0.1, -0.05) is 31.5 Å². The number of hydrogen-bond acceptors (Lipinski definition) is 3. The maximum atomic E-state index is 11.2. The Balaban J connectivity index is 2.25. The van der Waals surface area contributed by atoms with E-state index in [1.807, 2.05) is 18.2 Å². The molecule has 1 aromatic heterocycles. The summed E-state index contributed by atoms with van der Waals surface area (Å²) in [7, 11) is 0. The number of carboxylic acid groups (broad SMARTS) is 1. The number of aromatic carboxylic acids is 1. The molecule has 2 aromatic rings. The highest BCUT2D eigenvalue weighted by atomic mass is 35.5. The van der Waals surface area contributed by atoms with Crippen molar-refractivity contribution in [1.82, 2.24) is 9.55 Å². The Kier molecular flexibility index (Phi) is 3.29. The van der Waals surface area contributed by atoms with Gasteiger partial charge in [0.05, 0.1) is 17.9 Å². The first kappa shape index (κ1) is 13.8. The monoisotopic (exact) mass is 303 g/mol. The van der Waals surface area contributed by atoms with Crippen LogP contribution in [-0.4, -0.2) is 25.8 Å². The van der Waals surface area contributed by atoms with Crippen LogP contribution < -0.4 is 0 Å². The van der Waals surface area contributed by atoms with E-state index in [9.17, 15) is 9.90 Å². The predicted molar refractivity (Wildman–Crippen MR) is 80.7 cm³/mol. The van der Waals surface area contributed by atoms with Crippen molar-refractivity contribution in [2.45, 2.75) is 26.3 Å². The van der Waals surface area contributed by atoms with Crippen molar-refractivity contribution in [1.29, 1.82) is 0 Å². The number of imidazole rings is 1. The molecule has 108 valence electrons. The van der Waals surface area contributed by atoms with Gasteiger partial charge in [0.1, 0.15) is 11.5 Å². The van der Waals surface area contributed by atoms with Gasteiger partial charge in [0.2, 0.25) is 0 Å². The molecule has 0 saturated carbocycles. The summed E-state index contributed by atoms with van der Waals surface area (Å²) >= 11 is 6.28. The molecule has 21 heavy (non-hydrogen) atoms. The summed E-state index contributed by atoms with van der Waals surface area (Å²) in [6.45, 7) is 4.41. The van der Waals surface area contributed by atoms with Gasteiger partial charge in [-0.2, -0.15) is 0 Å². The summed E-state index contributed by atoms with van der Waals surface area (Å²) in [4.78, 5) is 19.5. The van der Waals surface area contributed by atoms with E-state index in [1.165, 1.54) is 6.33 Å². The number of aliphatic imine (C=N–C) groups is 1. The maximum Gasteiger partial charge on any atom is 0.356 e. The third-order valence-corrected chi connectivity index (χ3v) is 3.93. The average Bonchev–Trinajstić information content (AvgIpc) is 2.82. The van der Waals surface area contributed by atoms with Crippen LogP contribution in [0.4, 0.5) is 0 Å². The van der Waals surface area contributed by atoms with Crippen molar-refractivity contribution in [2.24, 2.45) is 4.99 Å². The Morgan fingerprint density at radius 1 is 1.43 bits per heavy atom. The second-order valence-electron chi connectivity index (χ2n) is 5.25. The Bertz CT molecular complexity index is 762. The fourth-order valence-corrected chi connectivity index (χ4v) is 2.64. The molecule has 0 bridgehead atoms. The molecule has 0 radical (unpaired) electrons. The van der Waals surface area contributed by atoms with Crippen LogP contribution in [0.2, 0.25) is 0 Å². The topological polar surface area (TPSA) is 67.5 Å². The number of halogens is 1. The van der Waals surface area contributed by atoms with Crippen molar-refractivity contribution < 1.29 is 9.90 Å². The van der Waals surface area contributed by atoms with E-state index in [1.54, 1.807) is 4.57 Å². The maximum absolute atomic E-state index is 11.2. The Labute approximate surface area is 126 Å². The van der Waals surface area contributed by atoms with Crippen LogP contribution in [0.1, 0.15) is 47.1 Å². The molecule has 1 N–H and O–H groups in total. The number of rotatable bonds is 2. The van der Waals surface area contributed by atoms with E-state index in [4.69, 9.17) is 11.6 Å². The third kappa shape index (κ3) is 2.23. The molecular weight excluding hydrogens is 290 g/mol. The molecule has 0 saturated heterocycles. The first-order valence-corrected chi connectivity index (χ1v) is 7.01. The first-order valence-electron chi connectivity index (χ1n) is 6.63. The average molecular weight is 304 g/mol. The molecule has 1 aliphatic heterocycles. The van der Waals surface area contributed by atoms with Gasteiger partial charge in [0.15, 0.2) is 5.69 Å². The van der Waals surface area contributed by atoms with Gasteiger partial charge in [-0.25, -0.2) is 9.78 Å². The zero-order valence-electron chi connectivity index (χ0n) is 11.7. The minimum Gasteiger partial charge on any atom is -0.476 e. The molecule has 1 aromatic carbocycles. The van der Waals surface area contributed by atoms with Crippen molar-refractivity contribution >= 4 is 22.7 Å². The predicted octanol–water partition coefficient (Wildman–Crippen LogP) is 3.19.